The molecule has 1 aliphatic carbocycles. The second-order valence-corrected chi connectivity index (χ2v) is 5.57. The molecule has 7 nitrogen and oxygen atoms in total. The fourth-order valence-electron chi connectivity index (χ4n) is 2.68. The van der Waals surface area contributed by atoms with Gasteiger partial charge < -0.3 is 10.6 Å². The number of nitrogens with zero attached hydrogens (tertiary/aromatic N) is 4. The lowest BCUT2D eigenvalue weighted by molar-refractivity contribution is -0.383. The number of nitrogen functional groups attached to an aromatic ring is 1. The number of rotatable bonds is 3. The van der Waals surface area contributed by atoms with E-state index in [1.54, 1.807) is 0 Å². The van der Waals surface area contributed by atoms with E-state index < -0.39 is 4.92 Å². The van der Waals surface area contributed by atoms with Crippen molar-refractivity contribution in [2.75, 3.05) is 23.7 Å². The zero-order valence-electron chi connectivity index (χ0n) is 11.4. The Morgan fingerprint density at radius 1 is 1.15 bits per heavy atom. The molecule has 2 N–H and O–H groups in total. The Kier molecular flexibility index (Phi) is 3.42. The summed E-state index contributed by atoms with van der Waals surface area (Å²) in [5.74, 6) is 1.44. The molecule has 7 heteroatoms. The maximum Gasteiger partial charge on any atom is 0.353 e. The number of hydrogen-bond acceptors (Lipinski definition) is 6. The van der Waals surface area contributed by atoms with Crippen molar-refractivity contribution in [3.05, 3.63) is 15.9 Å². The average Bonchev–Trinajstić information content (AvgIpc) is 3.24. The van der Waals surface area contributed by atoms with E-state index in [2.05, 4.69) is 9.97 Å². The zero-order valence-corrected chi connectivity index (χ0v) is 11.4. The van der Waals surface area contributed by atoms with E-state index in [0.29, 0.717) is 17.6 Å². The Labute approximate surface area is 117 Å². The van der Waals surface area contributed by atoms with Crippen molar-refractivity contribution in [1.29, 1.82) is 0 Å². The maximum atomic E-state index is 11.3. The Morgan fingerprint density at radius 2 is 1.80 bits per heavy atom. The number of nitro groups is 1. The van der Waals surface area contributed by atoms with Crippen LogP contribution in [-0.2, 0) is 0 Å². The minimum atomic E-state index is -0.452. The van der Waals surface area contributed by atoms with E-state index >= 15 is 0 Å². The molecular weight excluding hydrogens is 258 g/mol. The molecule has 0 spiro atoms. The van der Waals surface area contributed by atoms with Crippen LogP contribution >= 0.6 is 0 Å². The molecule has 0 atom stereocenters. The standard InChI is InChI=1S/C13H19N5O2/c14-11-10(18(19)20)13(16-12(15-11)9-5-6-9)17-7-3-1-2-4-8-17/h9H,1-8H2,(H2,14,15,16). The third kappa shape index (κ3) is 2.52. The normalized spacial score (nSPS) is 19.7. The van der Waals surface area contributed by atoms with Gasteiger partial charge in [0.1, 0.15) is 5.82 Å². The fraction of sp³-hybridized carbons (Fsp3) is 0.692. The molecular formula is C13H19N5O2. The van der Waals surface area contributed by atoms with Crippen molar-refractivity contribution >= 4 is 17.3 Å². The van der Waals surface area contributed by atoms with Crippen LogP contribution in [0.5, 0.6) is 0 Å². The molecule has 1 aromatic rings. The highest BCUT2D eigenvalue weighted by atomic mass is 16.6. The van der Waals surface area contributed by atoms with Gasteiger partial charge in [0.15, 0.2) is 0 Å². The van der Waals surface area contributed by atoms with Crippen LogP contribution in [0.3, 0.4) is 0 Å². The van der Waals surface area contributed by atoms with Crippen molar-refractivity contribution in [1.82, 2.24) is 9.97 Å². The molecule has 20 heavy (non-hydrogen) atoms. The van der Waals surface area contributed by atoms with Crippen LogP contribution in [0.25, 0.3) is 0 Å². The number of hydrogen-bond donors (Lipinski definition) is 1. The fourth-order valence-corrected chi connectivity index (χ4v) is 2.68. The summed E-state index contributed by atoms with van der Waals surface area (Å²) >= 11 is 0. The molecule has 0 bridgehead atoms. The van der Waals surface area contributed by atoms with E-state index in [-0.39, 0.29) is 11.5 Å². The lowest BCUT2D eigenvalue weighted by Gasteiger charge is -2.21. The summed E-state index contributed by atoms with van der Waals surface area (Å²) in [5.41, 5.74) is 5.69. The molecule has 2 heterocycles. The predicted octanol–water partition coefficient (Wildman–Crippen LogP) is 2.22. The summed E-state index contributed by atoms with van der Waals surface area (Å²) in [5, 5.41) is 11.3. The van der Waals surface area contributed by atoms with Gasteiger partial charge in [0.25, 0.3) is 0 Å². The van der Waals surface area contributed by atoms with Gasteiger partial charge in [-0.1, -0.05) is 12.8 Å². The van der Waals surface area contributed by atoms with Gasteiger partial charge in [-0.2, -0.15) is 0 Å². The van der Waals surface area contributed by atoms with E-state index in [1.807, 2.05) is 4.90 Å². The first-order chi connectivity index (χ1) is 9.66. The smallest absolute Gasteiger partial charge is 0.353 e. The Morgan fingerprint density at radius 3 is 2.35 bits per heavy atom. The van der Waals surface area contributed by atoms with Crippen LogP contribution in [0.2, 0.25) is 0 Å². The van der Waals surface area contributed by atoms with Crippen molar-refractivity contribution in [2.24, 2.45) is 0 Å². The van der Waals surface area contributed by atoms with Gasteiger partial charge >= 0.3 is 5.69 Å². The quantitative estimate of drug-likeness (QED) is 0.672. The molecule has 0 radical (unpaired) electrons. The van der Waals surface area contributed by atoms with Gasteiger partial charge in [-0.05, 0) is 25.7 Å². The Balaban J connectivity index is 2.02. The van der Waals surface area contributed by atoms with Crippen molar-refractivity contribution in [3.8, 4) is 0 Å². The van der Waals surface area contributed by atoms with Gasteiger partial charge in [-0.15, -0.1) is 0 Å². The van der Waals surface area contributed by atoms with E-state index in [9.17, 15) is 10.1 Å². The highest BCUT2D eigenvalue weighted by molar-refractivity contribution is 5.69. The summed E-state index contributed by atoms with van der Waals surface area (Å²) in [6, 6.07) is 0. The van der Waals surface area contributed by atoms with Crippen molar-refractivity contribution in [2.45, 2.75) is 44.4 Å². The van der Waals surface area contributed by atoms with Crippen molar-refractivity contribution in [3.63, 3.8) is 0 Å². The molecule has 108 valence electrons. The average molecular weight is 277 g/mol. The summed E-state index contributed by atoms with van der Waals surface area (Å²) in [6.45, 7) is 1.61. The van der Waals surface area contributed by atoms with Gasteiger partial charge in [0, 0.05) is 19.0 Å². The molecule has 3 rings (SSSR count). The second kappa shape index (κ2) is 5.22. The third-order valence-electron chi connectivity index (χ3n) is 3.94. The minimum absolute atomic E-state index is 0.00569. The largest absolute Gasteiger partial charge is 0.378 e. The van der Waals surface area contributed by atoms with Crippen LogP contribution in [0.1, 0.15) is 50.3 Å². The van der Waals surface area contributed by atoms with Gasteiger partial charge in [-0.25, -0.2) is 9.97 Å². The van der Waals surface area contributed by atoms with E-state index in [0.717, 1.165) is 38.8 Å². The Bertz CT molecular complexity index is 522. The summed E-state index contributed by atoms with van der Waals surface area (Å²) in [6.07, 6.45) is 6.52. The van der Waals surface area contributed by atoms with Crippen LogP contribution < -0.4 is 10.6 Å². The van der Waals surface area contributed by atoms with Gasteiger partial charge in [0.2, 0.25) is 11.6 Å². The molecule has 1 aliphatic heterocycles. The number of aromatic nitrogens is 2. The molecule has 2 aliphatic rings. The maximum absolute atomic E-state index is 11.3. The highest BCUT2D eigenvalue weighted by Gasteiger charge is 2.33. The second-order valence-electron chi connectivity index (χ2n) is 5.57. The molecule has 1 saturated heterocycles. The number of anilines is 2. The molecule has 1 saturated carbocycles. The van der Waals surface area contributed by atoms with Gasteiger partial charge in [-0.3, -0.25) is 10.1 Å². The Hall–Kier alpha value is -1.92. The summed E-state index contributed by atoms with van der Waals surface area (Å²) in [4.78, 5) is 21.5. The van der Waals surface area contributed by atoms with Gasteiger partial charge in [0.05, 0.1) is 4.92 Å². The SMILES string of the molecule is Nc1nc(C2CC2)nc(N2CCCCCC2)c1[N+](=O)[O-]. The lowest BCUT2D eigenvalue weighted by atomic mass is 10.2. The monoisotopic (exact) mass is 277 g/mol. The summed E-state index contributed by atoms with van der Waals surface area (Å²) in [7, 11) is 0. The first kappa shape index (κ1) is 13.1. The van der Waals surface area contributed by atoms with E-state index in [1.165, 1.54) is 12.8 Å². The molecule has 0 unspecified atom stereocenters. The molecule has 0 aromatic carbocycles. The molecule has 2 fully saturated rings. The lowest BCUT2D eigenvalue weighted by Crippen LogP contribution is -2.27. The van der Waals surface area contributed by atoms with Crippen LogP contribution in [0.15, 0.2) is 0 Å². The summed E-state index contributed by atoms with van der Waals surface area (Å²) < 4.78 is 0. The highest BCUT2D eigenvalue weighted by Crippen LogP contribution is 2.41. The topological polar surface area (TPSA) is 98.2 Å². The predicted molar refractivity (Wildman–Crippen MR) is 75.8 cm³/mol. The third-order valence-corrected chi connectivity index (χ3v) is 3.94. The molecule has 0 amide bonds. The van der Waals surface area contributed by atoms with E-state index in [4.69, 9.17) is 5.73 Å². The van der Waals surface area contributed by atoms with Crippen LogP contribution in [-0.4, -0.2) is 28.0 Å². The zero-order chi connectivity index (χ0) is 14.1. The van der Waals surface area contributed by atoms with Crippen molar-refractivity contribution < 1.29 is 4.92 Å². The van der Waals surface area contributed by atoms with Crippen LogP contribution in [0, 0.1) is 10.1 Å². The van der Waals surface area contributed by atoms with Crippen LogP contribution in [0.4, 0.5) is 17.3 Å². The minimum Gasteiger partial charge on any atom is -0.378 e. The first-order valence-corrected chi connectivity index (χ1v) is 7.23. The number of nitrogens with two attached hydrogens (primary N) is 1. The molecule has 1 aromatic heterocycles. The first-order valence-electron chi connectivity index (χ1n) is 7.23.